The average molecular weight is 544 g/mol. The maximum atomic E-state index is 13.7. The Morgan fingerprint density at radius 2 is 1.95 bits per heavy atom. The molecule has 0 saturated carbocycles. The van der Waals surface area contributed by atoms with Crippen molar-refractivity contribution < 1.29 is 24.2 Å². The molecule has 1 aliphatic heterocycles. The number of carbonyl (C=O) groups is 2. The van der Waals surface area contributed by atoms with Crippen LogP contribution >= 0.6 is 0 Å². The zero-order valence-corrected chi connectivity index (χ0v) is 23.5. The van der Waals surface area contributed by atoms with Gasteiger partial charge in [-0.25, -0.2) is 0 Å². The SMILES string of the molecule is CCCC(=O)c1c(C(=O)NC(CO)Cc2c[nH]c3ccccc23)cc2n1CCc1cc(OC)c(OC(C)C)cc1-2. The highest BCUT2D eigenvalue weighted by atomic mass is 16.5. The fourth-order valence-corrected chi connectivity index (χ4v) is 5.60. The molecule has 2 aromatic carbocycles. The van der Waals surface area contributed by atoms with E-state index in [2.05, 4.69) is 10.3 Å². The number of benzene rings is 2. The minimum Gasteiger partial charge on any atom is -0.493 e. The lowest BCUT2D eigenvalue weighted by molar-refractivity contribution is 0.0900. The number of fused-ring (bicyclic) bond motifs is 4. The van der Waals surface area contributed by atoms with E-state index in [1.807, 2.05) is 74.0 Å². The van der Waals surface area contributed by atoms with Crippen molar-refractivity contribution in [1.82, 2.24) is 14.9 Å². The molecule has 40 heavy (non-hydrogen) atoms. The summed E-state index contributed by atoms with van der Waals surface area (Å²) in [6.45, 7) is 6.22. The third kappa shape index (κ3) is 5.23. The van der Waals surface area contributed by atoms with Gasteiger partial charge in [-0.1, -0.05) is 25.1 Å². The summed E-state index contributed by atoms with van der Waals surface area (Å²) < 4.78 is 13.6. The molecular weight excluding hydrogens is 506 g/mol. The fourth-order valence-electron chi connectivity index (χ4n) is 5.60. The molecule has 210 valence electrons. The highest BCUT2D eigenvalue weighted by molar-refractivity contribution is 6.09. The molecule has 1 amide bonds. The van der Waals surface area contributed by atoms with Crippen molar-refractivity contribution in [2.75, 3.05) is 13.7 Å². The van der Waals surface area contributed by atoms with Crippen molar-refractivity contribution >= 4 is 22.6 Å². The van der Waals surface area contributed by atoms with Gasteiger partial charge in [0.15, 0.2) is 17.3 Å². The number of methoxy groups -OCH3 is 1. The minimum absolute atomic E-state index is 0.0436. The maximum Gasteiger partial charge on any atom is 0.253 e. The molecule has 0 spiro atoms. The number of rotatable bonds is 11. The molecule has 3 heterocycles. The van der Waals surface area contributed by atoms with E-state index < -0.39 is 6.04 Å². The topological polar surface area (TPSA) is 106 Å². The van der Waals surface area contributed by atoms with Gasteiger partial charge in [0, 0.05) is 41.3 Å². The molecule has 8 heteroatoms. The summed E-state index contributed by atoms with van der Waals surface area (Å²) in [7, 11) is 1.62. The van der Waals surface area contributed by atoms with Gasteiger partial charge in [0.2, 0.25) is 0 Å². The van der Waals surface area contributed by atoms with Crippen LogP contribution in [0.25, 0.3) is 22.2 Å². The number of aliphatic hydroxyl groups is 1. The van der Waals surface area contributed by atoms with E-state index in [-0.39, 0.29) is 24.4 Å². The van der Waals surface area contributed by atoms with Gasteiger partial charge >= 0.3 is 0 Å². The van der Waals surface area contributed by atoms with E-state index in [1.54, 1.807) is 7.11 Å². The number of ketones is 1. The van der Waals surface area contributed by atoms with Gasteiger partial charge in [-0.2, -0.15) is 0 Å². The van der Waals surface area contributed by atoms with Crippen LogP contribution in [0, 0.1) is 0 Å². The number of aliphatic hydroxyl groups excluding tert-OH is 1. The predicted octanol–water partition coefficient (Wildman–Crippen LogP) is 5.30. The number of H-pyrrole nitrogens is 1. The first-order chi connectivity index (χ1) is 19.3. The van der Waals surface area contributed by atoms with Crippen LogP contribution in [-0.2, 0) is 19.4 Å². The molecule has 3 N–H and O–H groups in total. The molecule has 0 aliphatic carbocycles. The first-order valence-corrected chi connectivity index (χ1v) is 14.0. The van der Waals surface area contributed by atoms with Crippen molar-refractivity contribution in [3.05, 3.63) is 71.0 Å². The number of carbonyl (C=O) groups excluding carboxylic acids is 2. The Kier molecular flexibility index (Phi) is 7.98. The largest absolute Gasteiger partial charge is 0.493 e. The number of nitrogens with zero attached hydrogens (tertiary/aromatic N) is 1. The number of aryl methyl sites for hydroxylation is 1. The Bertz CT molecular complexity index is 1550. The molecule has 2 aromatic heterocycles. The summed E-state index contributed by atoms with van der Waals surface area (Å²) in [5, 5.41) is 14.2. The lowest BCUT2D eigenvalue weighted by atomic mass is 9.97. The molecule has 0 radical (unpaired) electrons. The molecule has 1 atom stereocenters. The second-order valence-corrected chi connectivity index (χ2v) is 10.6. The number of hydrogen-bond acceptors (Lipinski definition) is 5. The first kappa shape index (κ1) is 27.5. The second-order valence-electron chi connectivity index (χ2n) is 10.6. The van der Waals surface area contributed by atoms with Gasteiger partial charge in [-0.05, 0) is 68.5 Å². The summed E-state index contributed by atoms with van der Waals surface area (Å²) in [5.41, 5.74) is 5.57. The van der Waals surface area contributed by atoms with Crippen molar-refractivity contribution in [3.8, 4) is 22.8 Å². The van der Waals surface area contributed by atoms with Crippen LogP contribution < -0.4 is 14.8 Å². The predicted molar refractivity (Wildman–Crippen MR) is 155 cm³/mol. The number of ether oxygens (including phenoxy) is 2. The van der Waals surface area contributed by atoms with E-state index in [4.69, 9.17) is 9.47 Å². The van der Waals surface area contributed by atoms with Gasteiger partial charge in [0.25, 0.3) is 5.91 Å². The number of hydrogen-bond donors (Lipinski definition) is 3. The summed E-state index contributed by atoms with van der Waals surface area (Å²) in [5.74, 6) is 0.855. The molecule has 0 saturated heterocycles. The van der Waals surface area contributed by atoms with Crippen LogP contribution in [0.2, 0.25) is 0 Å². The molecule has 0 bridgehead atoms. The van der Waals surface area contributed by atoms with E-state index in [0.717, 1.165) is 33.3 Å². The van der Waals surface area contributed by atoms with Crippen molar-refractivity contribution in [2.24, 2.45) is 0 Å². The van der Waals surface area contributed by atoms with Gasteiger partial charge < -0.3 is 29.4 Å². The number of nitrogens with one attached hydrogen (secondary N) is 2. The van der Waals surface area contributed by atoms with Crippen molar-refractivity contribution in [2.45, 2.75) is 65.1 Å². The number of aromatic nitrogens is 2. The Morgan fingerprint density at radius 3 is 2.67 bits per heavy atom. The van der Waals surface area contributed by atoms with Crippen LogP contribution in [-0.4, -0.2) is 52.2 Å². The van der Waals surface area contributed by atoms with E-state index in [1.165, 1.54) is 0 Å². The smallest absolute Gasteiger partial charge is 0.253 e. The molecule has 1 unspecified atom stereocenters. The summed E-state index contributed by atoms with van der Waals surface area (Å²) in [6.07, 6.45) is 4.05. The minimum atomic E-state index is -0.514. The summed E-state index contributed by atoms with van der Waals surface area (Å²) >= 11 is 0. The van der Waals surface area contributed by atoms with E-state index in [9.17, 15) is 14.7 Å². The Labute approximate surface area is 234 Å². The van der Waals surface area contributed by atoms with Gasteiger partial charge in [-0.3, -0.25) is 9.59 Å². The highest BCUT2D eigenvalue weighted by Gasteiger charge is 2.30. The van der Waals surface area contributed by atoms with Crippen LogP contribution in [0.5, 0.6) is 11.5 Å². The Morgan fingerprint density at radius 1 is 1.15 bits per heavy atom. The normalized spacial score (nSPS) is 13.2. The zero-order chi connectivity index (χ0) is 28.4. The standard InChI is InChI=1S/C32H37N3O5/c1-5-8-28(37)31-25(32(38)34-22(18-36)13-21-17-33-26-10-7-6-9-23(21)26)15-27-24-16-30(40-19(2)3)29(39-4)14-20(24)11-12-35(27)31/h6-7,9-10,14-17,19,22,33,36H,5,8,11-13,18H2,1-4H3,(H,34,38). The van der Waals surface area contributed by atoms with Gasteiger partial charge in [-0.15, -0.1) is 0 Å². The Balaban J connectivity index is 1.51. The first-order valence-electron chi connectivity index (χ1n) is 14.0. The molecule has 1 aliphatic rings. The van der Waals surface area contributed by atoms with Crippen molar-refractivity contribution in [3.63, 3.8) is 0 Å². The third-order valence-electron chi connectivity index (χ3n) is 7.41. The molecule has 0 fully saturated rings. The van der Waals surface area contributed by atoms with Gasteiger partial charge in [0.1, 0.15) is 0 Å². The highest BCUT2D eigenvalue weighted by Crippen LogP contribution is 2.41. The summed E-state index contributed by atoms with van der Waals surface area (Å²) in [4.78, 5) is 30.4. The van der Waals surface area contributed by atoms with Crippen molar-refractivity contribution in [1.29, 1.82) is 0 Å². The van der Waals surface area contributed by atoms with Crippen LogP contribution in [0.4, 0.5) is 0 Å². The quantitative estimate of drug-likeness (QED) is 0.223. The number of Topliss-reactive ketones (excluding diaryl/α,β-unsaturated/α-hetero) is 1. The van der Waals surface area contributed by atoms with E-state index in [0.29, 0.717) is 55.0 Å². The average Bonchev–Trinajstić information content (AvgIpc) is 3.54. The van der Waals surface area contributed by atoms with Gasteiger partial charge in [0.05, 0.1) is 37.1 Å². The number of para-hydroxylation sites is 1. The number of amides is 1. The zero-order valence-electron chi connectivity index (χ0n) is 23.5. The number of aromatic amines is 1. The third-order valence-corrected chi connectivity index (χ3v) is 7.41. The Hall–Kier alpha value is -4.04. The molecular formula is C32H37N3O5. The second kappa shape index (κ2) is 11.6. The monoisotopic (exact) mass is 543 g/mol. The van der Waals surface area contributed by atoms with Crippen LogP contribution in [0.1, 0.15) is 65.6 Å². The lowest BCUT2D eigenvalue weighted by Crippen LogP contribution is -2.39. The van der Waals surface area contributed by atoms with Crippen LogP contribution in [0.3, 0.4) is 0 Å². The lowest BCUT2D eigenvalue weighted by Gasteiger charge is -2.24. The molecule has 5 rings (SSSR count). The fraction of sp³-hybridized carbons (Fsp3) is 0.375. The molecule has 4 aromatic rings. The summed E-state index contributed by atoms with van der Waals surface area (Å²) in [6, 6.07) is 13.2. The molecule has 8 nitrogen and oxygen atoms in total. The van der Waals surface area contributed by atoms with E-state index >= 15 is 0 Å². The maximum absolute atomic E-state index is 13.7. The van der Waals surface area contributed by atoms with Crippen LogP contribution in [0.15, 0.2) is 48.7 Å².